The second kappa shape index (κ2) is 6.80. The van der Waals surface area contributed by atoms with Gasteiger partial charge in [-0.15, -0.1) is 0 Å². The standard InChI is InChI=1S/C16H27N3/c1-14(2)17-10-6-7-11-19-13-12-18(3)15-8-4-5-9-16(15)19/h4-5,8-9,14,17H,6-7,10-13H2,1-3H3. The van der Waals surface area contributed by atoms with Crippen LogP contribution in [0.1, 0.15) is 26.7 Å². The maximum absolute atomic E-state index is 3.48. The van der Waals surface area contributed by atoms with Crippen molar-refractivity contribution < 1.29 is 0 Å². The highest BCUT2D eigenvalue weighted by Gasteiger charge is 2.18. The Balaban J connectivity index is 1.83. The Hall–Kier alpha value is -1.22. The first kappa shape index (κ1) is 14.2. The second-order valence-corrected chi connectivity index (χ2v) is 5.71. The number of para-hydroxylation sites is 2. The molecule has 19 heavy (non-hydrogen) atoms. The molecule has 1 aromatic rings. The lowest BCUT2D eigenvalue weighted by atomic mass is 10.1. The van der Waals surface area contributed by atoms with Crippen molar-refractivity contribution in [2.75, 3.05) is 43.0 Å². The Bertz CT molecular complexity index is 389. The topological polar surface area (TPSA) is 18.5 Å². The fourth-order valence-corrected chi connectivity index (χ4v) is 2.62. The maximum atomic E-state index is 3.48. The molecule has 1 heterocycles. The Kier molecular flexibility index (Phi) is 5.08. The number of unbranched alkanes of at least 4 members (excludes halogenated alkanes) is 1. The molecule has 2 rings (SSSR count). The number of fused-ring (bicyclic) bond motifs is 1. The third-order valence-electron chi connectivity index (χ3n) is 3.75. The molecule has 3 heteroatoms. The number of hydrogen-bond acceptors (Lipinski definition) is 3. The van der Waals surface area contributed by atoms with E-state index in [4.69, 9.17) is 0 Å². The Morgan fingerprint density at radius 1 is 1.11 bits per heavy atom. The van der Waals surface area contributed by atoms with Gasteiger partial charge in [-0.05, 0) is 31.5 Å². The van der Waals surface area contributed by atoms with Crippen LogP contribution in [0.3, 0.4) is 0 Å². The molecular weight excluding hydrogens is 234 g/mol. The summed E-state index contributed by atoms with van der Waals surface area (Å²) in [5, 5.41) is 3.48. The first-order valence-corrected chi connectivity index (χ1v) is 7.47. The van der Waals surface area contributed by atoms with Crippen molar-refractivity contribution in [1.29, 1.82) is 0 Å². The van der Waals surface area contributed by atoms with Gasteiger partial charge in [0.05, 0.1) is 11.4 Å². The minimum atomic E-state index is 0.601. The van der Waals surface area contributed by atoms with E-state index in [-0.39, 0.29) is 0 Å². The maximum Gasteiger partial charge on any atom is 0.0604 e. The van der Waals surface area contributed by atoms with Crippen LogP contribution in [0, 0.1) is 0 Å². The van der Waals surface area contributed by atoms with Crippen LogP contribution in [0.5, 0.6) is 0 Å². The molecule has 1 aliphatic rings. The number of anilines is 2. The van der Waals surface area contributed by atoms with Gasteiger partial charge in [0, 0.05) is 32.7 Å². The molecule has 0 radical (unpaired) electrons. The summed E-state index contributed by atoms with van der Waals surface area (Å²) in [5.74, 6) is 0. The minimum absolute atomic E-state index is 0.601. The summed E-state index contributed by atoms with van der Waals surface area (Å²) in [6.45, 7) is 8.98. The van der Waals surface area contributed by atoms with Crippen LogP contribution in [0.2, 0.25) is 0 Å². The van der Waals surface area contributed by atoms with Gasteiger partial charge >= 0.3 is 0 Å². The molecule has 0 saturated heterocycles. The molecule has 0 saturated carbocycles. The second-order valence-electron chi connectivity index (χ2n) is 5.71. The van der Waals surface area contributed by atoms with E-state index in [2.05, 4.69) is 60.3 Å². The Morgan fingerprint density at radius 2 is 1.84 bits per heavy atom. The lowest BCUT2D eigenvalue weighted by Gasteiger charge is -2.37. The summed E-state index contributed by atoms with van der Waals surface area (Å²) in [6.07, 6.45) is 2.52. The SMILES string of the molecule is CC(C)NCCCCN1CCN(C)c2ccccc21. The number of nitrogens with one attached hydrogen (secondary N) is 1. The van der Waals surface area contributed by atoms with E-state index in [1.807, 2.05) is 0 Å². The molecule has 0 aromatic heterocycles. The van der Waals surface area contributed by atoms with Gasteiger partial charge in [-0.1, -0.05) is 26.0 Å². The molecule has 0 fully saturated rings. The normalized spacial score (nSPS) is 14.9. The summed E-state index contributed by atoms with van der Waals surface area (Å²) in [4.78, 5) is 4.89. The van der Waals surface area contributed by atoms with Crippen molar-refractivity contribution >= 4 is 11.4 Å². The third kappa shape index (κ3) is 3.87. The molecule has 3 nitrogen and oxygen atoms in total. The lowest BCUT2D eigenvalue weighted by Crippen LogP contribution is -2.39. The largest absolute Gasteiger partial charge is 0.371 e. The molecule has 106 valence electrons. The fourth-order valence-electron chi connectivity index (χ4n) is 2.62. The monoisotopic (exact) mass is 261 g/mol. The molecule has 1 N–H and O–H groups in total. The lowest BCUT2D eigenvalue weighted by molar-refractivity contribution is 0.553. The van der Waals surface area contributed by atoms with Crippen LogP contribution in [0.4, 0.5) is 11.4 Å². The predicted molar refractivity (Wildman–Crippen MR) is 84.3 cm³/mol. The molecule has 0 unspecified atom stereocenters. The number of nitrogens with zero attached hydrogens (tertiary/aromatic N) is 2. The van der Waals surface area contributed by atoms with E-state index in [9.17, 15) is 0 Å². The summed E-state index contributed by atoms with van der Waals surface area (Å²) >= 11 is 0. The third-order valence-corrected chi connectivity index (χ3v) is 3.75. The first-order valence-electron chi connectivity index (χ1n) is 7.47. The number of likely N-dealkylation sites (N-methyl/N-ethyl adjacent to an activating group) is 1. The zero-order valence-corrected chi connectivity index (χ0v) is 12.5. The smallest absolute Gasteiger partial charge is 0.0604 e. The van der Waals surface area contributed by atoms with Gasteiger partial charge in [-0.2, -0.15) is 0 Å². The summed E-state index contributed by atoms with van der Waals surface area (Å²) in [6, 6.07) is 9.35. The molecule has 0 amide bonds. The molecule has 0 atom stereocenters. The van der Waals surface area contributed by atoms with Crippen molar-refractivity contribution in [2.45, 2.75) is 32.7 Å². The summed E-state index contributed by atoms with van der Waals surface area (Å²) in [7, 11) is 2.18. The number of benzene rings is 1. The average molecular weight is 261 g/mol. The van der Waals surface area contributed by atoms with E-state index < -0.39 is 0 Å². The van der Waals surface area contributed by atoms with Crippen molar-refractivity contribution in [1.82, 2.24) is 5.32 Å². The van der Waals surface area contributed by atoms with Gasteiger partial charge in [0.15, 0.2) is 0 Å². The van der Waals surface area contributed by atoms with E-state index in [0.29, 0.717) is 6.04 Å². The quantitative estimate of drug-likeness (QED) is 0.794. The van der Waals surface area contributed by atoms with Gasteiger partial charge in [-0.25, -0.2) is 0 Å². The zero-order chi connectivity index (χ0) is 13.7. The van der Waals surface area contributed by atoms with E-state index in [1.165, 1.54) is 30.8 Å². The molecule has 1 aromatic carbocycles. The summed E-state index contributed by atoms with van der Waals surface area (Å²) in [5.41, 5.74) is 2.77. The number of rotatable bonds is 6. The van der Waals surface area contributed by atoms with Gasteiger partial charge in [0.25, 0.3) is 0 Å². The van der Waals surface area contributed by atoms with E-state index in [1.54, 1.807) is 0 Å². The summed E-state index contributed by atoms with van der Waals surface area (Å²) < 4.78 is 0. The highest BCUT2D eigenvalue weighted by molar-refractivity contribution is 5.72. The predicted octanol–water partition coefficient (Wildman–Crippen LogP) is 2.72. The highest BCUT2D eigenvalue weighted by atomic mass is 15.2. The van der Waals surface area contributed by atoms with Crippen molar-refractivity contribution in [2.24, 2.45) is 0 Å². The zero-order valence-electron chi connectivity index (χ0n) is 12.5. The average Bonchev–Trinajstić information content (AvgIpc) is 2.41. The van der Waals surface area contributed by atoms with Gasteiger partial charge < -0.3 is 15.1 Å². The molecular formula is C16H27N3. The molecule has 0 aliphatic carbocycles. The minimum Gasteiger partial charge on any atom is -0.371 e. The van der Waals surface area contributed by atoms with Crippen molar-refractivity contribution in [3.63, 3.8) is 0 Å². The molecule has 0 spiro atoms. The van der Waals surface area contributed by atoms with E-state index >= 15 is 0 Å². The number of hydrogen-bond donors (Lipinski definition) is 1. The first-order chi connectivity index (χ1) is 9.18. The van der Waals surface area contributed by atoms with Crippen LogP contribution < -0.4 is 15.1 Å². The molecule has 0 bridgehead atoms. The highest BCUT2D eigenvalue weighted by Crippen LogP contribution is 2.31. The van der Waals surface area contributed by atoms with Crippen molar-refractivity contribution in [3.05, 3.63) is 24.3 Å². The van der Waals surface area contributed by atoms with Crippen molar-refractivity contribution in [3.8, 4) is 0 Å². The van der Waals surface area contributed by atoms with Gasteiger partial charge in [-0.3, -0.25) is 0 Å². The van der Waals surface area contributed by atoms with Crippen LogP contribution >= 0.6 is 0 Å². The van der Waals surface area contributed by atoms with E-state index in [0.717, 1.165) is 19.6 Å². The molecule has 1 aliphatic heterocycles. The Labute approximate surface area is 117 Å². The van der Waals surface area contributed by atoms with Gasteiger partial charge in [0.1, 0.15) is 0 Å². The van der Waals surface area contributed by atoms with Gasteiger partial charge in [0.2, 0.25) is 0 Å². The fraction of sp³-hybridized carbons (Fsp3) is 0.625. The van der Waals surface area contributed by atoms with Crippen LogP contribution in [0.15, 0.2) is 24.3 Å². The van der Waals surface area contributed by atoms with Crippen LogP contribution in [0.25, 0.3) is 0 Å². The Morgan fingerprint density at radius 3 is 2.58 bits per heavy atom. The van der Waals surface area contributed by atoms with Crippen LogP contribution in [-0.2, 0) is 0 Å². The van der Waals surface area contributed by atoms with Crippen LogP contribution in [-0.4, -0.2) is 39.3 Å².